The van der Waals surface area contributed by atoms with Crippen LogP contribution in [0, 0.1) is 0 Å². The lowest BCUT2D eigenvalue weighted by molar-refractivity contribution is 0.217. The summed E-state index contributed by atoms with van der Waals surface area (Å²) >= 11 is 6.09. The minimum Gasteiger partial charge on any atom is -0.491 e. The predicted molar refractivity (Wildman–Crippen MR) is 64.4 cm³/mol. The summed E-state index contributed by atoms with van der Waals surface area (Å²) in [6, 6.07) is 5.61. The molecule has 2 N–H and O–H groups in total. The van der Waals surface area contributed by atoms with Gasteiger partial charge >= 0.3 is 0 Å². The second kappa shape index (κ2) is 5.38. The van der Waals surface area contributed by atoms with Gasteiger partial charge in [0, 0.05) is 11.1 Å². The Morgan fingerprint density at radius 1 is 1.40 bits per heavy atom. The normalized spacial score (nSPS) is 14.7. The van der Waals surface area contributed by atoms with Crippen LogP contribution < -0.4 is 10.5 Å². The zero-order chi connectivity index (χ0) is 11.4. The van der Waals surface area contributed by atoms with E-state index in [1.807, 2.05) is 32.0 Å². The third kappa shape index (κ3) is 3.40. The van der Waals surface area contributed by atoms with Crippen LogP contribution in [0.2, 0.25) is 5.02 Å². The SMILES string of the molecule is CCC(C)Oc1ccc(C(C)N)c(Cl)c1. The maximum Gasteiger partial charge on any atom is 0.121 e. The van der Waals surface area contributed by atoms with Crippen molar-refractivity contribution in [3.05, 3.63) is 28.8 Å². The van der Waals surface area contributed by atoms with Crippen molar-refractivity contribution < 1.29 is 4.74 Å². The maximum absolute atomic E-state index is 6.09. The monoisotopic (exact) mass is 227 g/mol. The van der Waals surface area contributed by atoms with Crippen LogP contribution in [0.1, 0.15) is 38.8 Å². The minimum absolute atomic E-state index is 0.0462. The van der Waals surface area contributed by atoms with Gasteiger partial charge in [0.1, 0.15) is 5.75 Å². The number of ether oxygens (including phenoxy) is 1. The number of nitrogens with two attached hydrogens (primary N) is 1. The fraction of sp³-hybridized carbons (Fsp3) is 0.500. The summed E-state index contributed by atoms with van der Waals surface area (Å²) in [6.45, 7) is 6.03. The lowest BCUT2D eigenvalue weighted by atomic mass is 10.1. The van der Waals surface area contributed by atoms with E-state index in [1.54, 1.807) is 0 Å². The van der Waals surface area contributed by atoms with E-state index < -0.39 is 0 Å². The summed E-state index contributed by atoms with van der Waals surface area (Å²) in [5.74, 6) is 0.804. The summed E-state index contributed by atoms with van der Waals surface area (Å²) in [4.78, 5) is 0. The topological polar surface area (TPSA) is 35.2 Å². The fourth-order valence-electron chi connectivity index (χ4n) is 1.27. The van der Waals surface area contributed by atoms with Crippen LogP contribution in [0.5, 0.6) is 5.75 Å². The van der Waals surface area contributed by atoms with E-state index in [0.717, 1.165) is 17.7 Å². The average molecular weight is 228 g/mol. The number of halogens is 1. The lowest BCUT2D eigenvalue weighted by Crippen LogP contribution is -2.10. The molecule has 0 amide bonds. The second-order valence-electron chi connectivity index (χ2n) is 3.81. The molecule has 0 aromatic heterocycles. The summed E-state index contributed by atoms with van der Waals surface area (Å²) in [6.07, 6.45) is 1.19. The second-order valence-corrected chi connectivity index (χ2v) is 4.22. The molecule has 0 spiro atoms. The standard InChI is InChI=1S/C12H18ClNO/c1-4-8(2)15-10-5-6-11(9(3)14)12(13)7-10/h5-9H,4,14H2,1-3H3. The highest BCUT2D eigenvalue weighted by atomic mass is 35.5. The van der Waals surface area contributed by atoms with E-state index in [2.05, 4.69) is 6.92 Å². The number of benzene rings is 1. The van der Waals surface area contributed by atoms with E-state index in [0.29, 0.717) is 5.02 Å². The van der Waals surface area contributed by atoms with E-state index in [1.165, 1.54) is 0 Å². The highest BCUT2D eigenvalue weighted by Crippen LogP contribution is 2.26. The van der Waals surface area contributed by atoms with E-state index >= 15 is 0 Å². The molecule has 1 aromatic rings. The van der Waals surface area contributed by atoms with E-state index in [-0.39, 0.29) is 12.1 Å². The molecule has 0 saturated carbocycles. The first-order valence-electron chi connectivity index (χ1n) is 5.26. The van der Waals surface area contributed by atoms with Crippen molar-refractivity contribution in [2.75, 3.05) is 0 Å². The maximum atomic E-state index is 6.09. The molecule has 0 bridgehead atoms. The average Bonchev–Trinajstić information content (AvgIpc) is 2.17. The third-order valence-electron chi connectivity index (χ3n) is 2.37. The molecule has 1 aromatic carbocycles. The van der Waals surface area contributed by atoms with Crippen LogP contribution in [0.4, 0.5) is 0 Å². The van der Waals surface area contributed by atoms with Gasteiger partial charge in [-0.1, -0.05) is 24.6 Å². The zero-order valence-corrected chi connectivity index (χ0v) is 10.2. The lowest BCUT2D eigenvalue weighted by Gasteiger charge is -2.14. The first kappa shape index (κ1) is 12.3. The van der Waals surface area contributed by atoms with Gasteiger partial charge in [-0.05, 0) is 38.0 Å². The van der Waals surface area contributed by atoms with Crippen LogP contribution in [0.3, 0.4) is 0 Å². The van der Waals surface area contributed by atoms with Gasteiger partial charge < -0.3 is 10.5 Å². The van der Waals surface area contributed by atoms with Crippen molar-refractivity contribution in [3.8, 4) is 5.75 Å². The molecular weight excluding hydrogens is 210 g/mol. The minimum atomic E-state index is -0.0462. The quantitative estimate of drug-likeness (QED) is 0.854. The predicted octanol–water partition coefficient (Wildman–Crippen LogP) is 3.54. The molecule has 0 radical (unpaired) electrons. The van der Waals surface area contributed by atoms with Gasteiger partial charge in [0.25, 0.3) is 0 Å². The third-order valence-corrected chi connectivity index (χ3v) is 2.70. The van der Waals surface area contributed by atoms with Gasteiger partial charge in [0.2, 0.25) is 0 Å². The largest absolute Gasteiger partial charge is 0.491 e. The van der Waals surface area contributed by atoms with Crippen LogP contribution in [0.15, 0.2) is 18.2 Å². The Morgan fingerprint density at radius 2 is 2.07 bits per heavy atom. The summed E-state index contributed by atoms with van der Waals surface area (Å²) in [7, 11) is 0. The van der Waals surface area contributed by atoms with Crippen LogP contribution in [0.25, 0.3) is 0 Å². The van der Waals surface area contributed by atoms with Crippen molar-refractivity contribution in [2.24, 2.45) is 5.73 Å². The van der Waals surface area contributed by atoms with Crippen molar-refractivity contribution in [1.82, 2.24) is 0 Å². The molecule has 0 fully saturated rings. The molecule has 2 unspecified atom stereocenters. The number of hydrogen-bond donors (Lipinski definition) is 1. The van der Waals surface area contributed by atoms with Gasteiger partial charge in [0.05, 0.1) is 6.10 Å². The van der Waals surface area contributed by atoms with Crippen molar-refractivity contribution >= 4 is 11.6 Å². The molecule has 84 valence electrons. The molecule has 3 heteroatoms. The molecule has 0 aliphatic rings. The first-order valence-corrected chi connectivity index (χ1v) is 5.64. The first-order chi connectivity index (χ1) is 7.04. The Hall–Kier alpha value is -0.730. The number of rotatable bonds is 4. The van der Waals surface area contributed by atoms with Crippen molar-refractivity contribution in [1.29, 1.82) is 0 Å². The van der Waals surface area contributed by atoms with Gasteiger partial charge in [-0.25, -0.2) is 0 Å². The molecule has 0 saturated heterocycles. The highest BCUT2D eigenvalue weighted by Gasteiger charge is 2.07. The molecule has 0 aliphatic carbocycles. The van der Waals surface area contributed by atoms with Crippen LogP contribution in [-0.2, 0) is 0 Å². The Bertz CT molecular complexity index is 325. The van der Waals surface area contributed by atoms with Gasteiger partial charge in [0.15, 0.2) is 0 Å². The fourth-order valence-corrected chi connectivity index (χ4v) is 1.61. The molecular formula is C12H18ClNO. The van der Waals surface area contributed by atoms with Gasteiger partial charge in [-0.3, -0.25) is 0 Å². The Kier molecular flexibility index (Phi) is 4.43. The molecule has 2 atom stereocenters. The Balaban J connectivity index is 2.82. The van der Waals surface area contributed by atoms with Crippen molar-refractivity contribution in [3.63, 3.8) is 0 Å². The smallest absolute Gasteiger partial charge is 0.121 e. The van der Waals surface area contributed by atoms with Gasteiger partial charge in [-0.2, -0.15) is 0 Å². The molecule has 0 aliphatic heterocycles. The van der Waals surface area contributed by atoms with E-state index in [4.69, 9.17) is 22.1 Å². The molecule has 0 heterocycles. The van der Waals surface area contributed by atoms with E-state index in [9.17, 15) is 0 Å². The molecule has 1 rings (SSSR count). The number of hydrogen-bond acceptors (Lipinski definition) is 2. The Labute approximate surface area is 96.4 Å². The highest BCUT2D eigenvalue weighted by molar-refractivity contribution is 6.31. The van der Waals surface area contributed by atoms with Crippen LogP contribution in [-0.4, -0.2) is 6.10 Å². The zero-order valence-electron chi connectivity index (χ0n) is 9.46. The summed E-state index contributed by atoms with van der Waals surface area (Å²) in [5.41, 5.74) is 6.72. The summed E-state index contributed by atoms with van der Waals surface area (Å²) < 4.78 is 5.65. The van der Waals surface area contributed by atoms with Gasteiger partial charge in [-0.15, -0.1) is 0 Å². The summed E-state index contributed by atoms with van der Waals surface area (Å²) in [5, 5.41) is 0.672. The van der Waals surface area contributed by atoms with Crippen molar-refractivity contribution in [2.45, 2.75) is 39.3 Å². The van der Waals surface area contributed by atoms with Crippen LogP contribution >= 0.6 is 11.6 Å². The molecule has 2 nitrogen and oxygen atoms in total. The Morgan fingerprint density at radius 3 is 2.53 bits per heavy atom. The molecule has 15 heavy (non-hydrogen) atoms.